The molecule has 0 saturated carbocycles. The summed E-state index contributed by atoms with van der Waals surface area (Å²) >= 11 is 6.45. The van der Waals surface area contributed by atoms with E-state index < -0.39 is 4.92 Å². The number of nitro groups is 1. The van der Waals surface area contributed by atoms with Gasteiger partial charge in [0.1, 0.15) is 0 Å². The second-order valence-corrected chi connectivity index (χ2v) is 9.53. The highest BCUT2D eigenvalue weighted by atomic mass is 32.2. The third kappa shape index (κ3) is 5.96. The molecule has 1 aliphatic rings. The Balaban J connectivity index is 1.47. The number of nitrogens with one attached hydrogen (secondary N) is 1. The fourth-order valence-electron chi connectivity index (χ4n) is 3.52. The fraction of sp³-hybridized carbons (Fsp3) is 0.115. The first-order valence-electron chi connectivity index (χ1n) is 11.0. The molecule has 0 aliphatic carbocycles. The molecule has 0 atom stereocenters. The highest BCUT2D eigenvalue weighted by Crippen LogP contribution is 2.38. The van der Waals surface area contributed by atoms with Gasteiger partial charge in [-0.05, 0) is 48.4 Å². The van der Waals surface area contributed by atoms with Gasteiger partial charge < -0.3 is 14.8 Å². The minimum Gasteiger partial charge on any atom is -0.493 e. The van der Waals surface area contributed by atoms with E-state index in [1.54, 1.807) is 30.3 Å². The van der Waals surface area contributed by atoms with Crippen LogP contribution in [0.25, 0.3) is 6.08 Å². The van der Waals surface area contributed by atoms with Gasteiger partial charge >= 0.3 is 0 Å². The van der Waals surface area contributed by atoms with Crippen LogP contribution in [0.2, 0.25) is 0 Å². The molecule has 11 heteroatoms. The molecule has 1 N–H and O–H groups in total. The zero-order valence-corrected chi connectivity index (χ0v) is 21.4. The minimum atomic E-state index is -0.529. The van der Waals surface area contributed by atoms with Crippen molar-refractivity contribution < 1.29 is 24.0 Å². The lowest BCUT2D eigenvalue weighted by atomic mass is 10.1. The van der Waals surface area contributed by atoms with E-state index in [1.165, 1.54) is 30.2 Å². The summed E-state index contributed by atoms with van der Waals surface area (Å²) < 4.78 is 11.3. The number of carbonyl (C=O) groups excluding carboxylic acids is 2. The van der Waals surface area contributed by atoms with Crippen LogP contribution in [-0.2, 0) is 9.59 Å². The Morgan fingerprint density at radius 3 is 2.65 bits per heavy atom. The summed E-state index contributed by atoms with van der Waals surface area (Å²) in [4.78, 5) is 37.6. The number of thiocarbonyl (C=S) groups is 1. The third-order valence-corrected chi connectivity index (χ3v) is 6.66. The highest BCUT2D eigenvalue weighted by molar-refractivity contribution is 8.27. The van der Waals surface area contributed by atoms with Gasteiger partial charge in [0.05, 0.1) is 22.6 Å². The molecule has 1 heterocycles. The maximum atomic E-state index is 13.1. The molecule has 1 aliphatic heterocycles. The van der Waals surface area contributed by atoms with Crippen molar-refractivity contribution in [1.82, 2.24) is 0 Å². The van der Waals surface area contributed by atoms with Gasteiger partial charge in [-0.15, -0.1) is 0 Å². The largest absolute Gasteiger partial charge is 0.493 e. The van der Waals surface area contributed by atoms with Crippen molar-refractivity contribution in [2.45, 2.75) is 6.92 Å². The van der Waals surface area contributed by atoms with Crippen molar-refractivity contribution in [3.63, 3.8) is 0 Å². The van der Waals surface area contributed by atoms with Crippen LogP contribution >= 0.6 is 24.0 Å². The van der Waals surface area contributed by atoms with Crippen LogP contribution in [0.3, 0.4) is 0 Å². The number of hydrogen-bond donors (Lipinski definition) is 1. The topological polar surface area (TPSA) is 111 Å². The van der Waals surface area contributed by atoms with Crippen LogP contribution in [-0.4, -0.2) is 34.8 Å². The summed E-state index contributed by atoms with van der Waals surface area (Å²) in [5.41, 5.74) is 2.48. The molecule has 0 bridgehead atoms. The minimum absolute atomic E-state index is 0.136. The zero-order valence-electron chi connectivity index (χ0n) is 19.8. The first-order valence-corrected chi connectivity index (χ1v) is 12.2. The molecule has 2 amide bonds. The van der Waals surface area contributed by atoms with Crippen molar-refractivity contribution in [2.24, 2.45) is 0 Å². The van der Waals surface area contributed by atoms with E-state index in [0.29, 0.717) is 33.3 Å². The number of anilines is 2. The second-order valence-electron chi connectivity index (χ2n) is 7.86. The van der Waals surface area contributed by atoms with Gasteiger partial charge in [0.25, 0.3) is 17.5 Å². The molecule has 9 nitrogen and oxygen atoms in total. The molecule has 0 unspecified atom stereocenters. The number of carbonyl (C=O) groups is 2. The molecule has 188 valence electrons. The lowest BCUT2D eigenvalue weighted by Crippen LogP contribution is -2.27. The fourth-order valence-corrected chi connectivity index (χ4v) is 4.82. The van der Waals surface area contributed by atoms with Crippen LogP contribution < -0.4 is 19.7 Å². The number of aryl methyl sites for hydroxylation is 1. The SMILES string of the molecule is COc1cc(/C=C2/SC(=S)N(c3cccc([N+](=O)[O-])c3)C2=O)ccc1OCC(=O)Nc1ccccc1C. The number of nitrogens with zero attached hydrogens (tertiary/aromatic N) is 2. The lowest BCUT2D eigenvalue weighted by molar-refractivity contribution is -0.384. The maximum absolute atomic E-state index is 13.1. The molecular formula is C26H21N3O6S2. The zero-order chi connectivity index (χ0) is 26.5. The van der Waals surface area contributed by atoms with Crippen molar-refractivity contribution in [3.8, 4) is 11.5 Å². The Morgan fingerprint density at radius 1 is 1.14 bits per heavy atom. The monoisotopic (exact) mass is 535 g/mol. The van der Waals surface area contributed by atoms with Crippen LogP contribution in [0, 0.1) is 17.0 Å². The van der Waals surface area contributed by atoms with Crippen molar-refractivity contribution in [3.05, 3.63) is 92.9 Å². The number of benzene rings is 3. The van der Waals surface area contributed by atoms with E-state index in [9.17, 15) is 19.7 Å². The summed E-state index contributed by atoms with van der Waals surface area (Å²) in [7, 11) is 1.47. The molecule has 3 aromatic rings. The molecule has 3 aromatic carbocycles. The normalized spacial score (nSPS) is 14.1. The number of para-hydroxylation sites is 1. The second kappa shape index (κ2) is 11.2. The number of amides is 2. The van der Waals surface area contributed by atoms with E-state index in [4.69, 9.17) is 21.7 Å². The molecule has 1 saturated heterocycles. The number of rotatable bonds is 8. The first kappa shape index (κ1) is 25.9. The number of thioether (sulfide) groups is 1. The van der Waals surface area contributed by atoms with Gasteiger partial charge in [0, 0.05) is 17.8 Å². The van der Waals surface area contributed by atoms with E-state index in [-0.39, 0.29) is 28.4 Å². The maximum Gasteiger partial charge on any atom is 0.271 e. The summed E-state index contributed by atoms with van der Waals surface area (Å²) in [5, 5.41) is 13.9. The molecule has 0 radical (unpaired) electrons. The number of hydrogen-bond acceptors (Lipinski definition) is 8. The van der Waals surface area contributed by atoms with E-state index in [2.05, 4.69) is 5.32 Å². The van der Waals surface area contributed by atoms with E-state index in [1.807, 2.05) is 31.2 Å². The van der Waals surface area contributed by atoms with Crippen molar-refractivity contribution in [2.75, 3.05) is 23.9 Å². The summed E-state index contributed by atoms with van der Waals surface area (Å²) in [6, 6.07) is 18.2. The number of nitro benzene ring substituents is 1. The summed E-state index contributed by atoms with van der Waals surface area (Å²) in [6.45, 7) is 1.68. The number of methoxy groups -OCH3 is 1. The standard InChI is InChI=1S/C26H21N3O6S2/c1-16-6-3-4-9-20(16)27-24(30)15-35-21-11-10-17(12-22(21)34-2)13-23-25(31)28(26(36)37-23)18-7-5-8-19(14-18)29(32)33/h3-14H,15H2,1-2H3,(H,27,30)/b23-13+. The number of ether oxygens (including phenoxy) is 2. The van der Waals surface area contributed by atoms with Crippen LogP contribution in [0.1, 0.15) is 11.1 Å². The highest BCUT2D eigenvalue weighted by Gasteiger charge is 2.34. The molecular weight excluding hydrogens is 514 g/mol. The van der Waals surface area contributed by atoms with E-state index in [0.717, 1.165) is 17.3 Å². The third-order valence-electron chi connectivity index (χ3n) is 5.36. The predicted molar refractivity (Wildman–Crippen MR) is 147 cm³/mol. The molecule has 0 spiro atoms. The van der Waals surface area contributed by atoms with Gasteiger partial charge in [-0.25, -0.2) is 0 Å². The van der Waals surface area contributed by atoms with Gasteiger partial charge in [0.15, 0.2) is 22.4 Å². The molecule has 37 heavy (non-hydrogen) atoms. The quantitative estimate of drug-likeness (QED) is 0.178. The van der Waals surface area contributed by atoms with Crippen LogP contribution in [0.5, 0.6) is 11.5 Å². The Morgan fingerprint density at radius 2 is 1.92 bits per heavy atom. The summed E-state index contributed by atoms with van der Waals surface area (Å²) in [5.74, 6) is 0.0447. The van der Waals surface area contributed by atoms with Gasteiger partial charge in [-0.2, -0.15) is 0 Å². The number of non-ortho nitro benzene ring substituents is 1. The van der Waals surface area contributed by atoms with Crippen molar-refractivity contribution >= 4 is 63.3 Å². The Bertz CT molecular complexity index is 1440. The Hall–Kier alpha value is -4.22. The van der Waals surface area contributed by atoms with E-state index >= 15 is 0 Å². The van der Waals surface area contributed by atoms with Crippen molar-refractivity contribution in [1.29, 1.82) is 0 Å². The smallest absolute Gasteiger partial charge is 0.271 e. The predicted octanol–water partition coefficient (Wildman–Crippen LogP) is 5.34. The molecule has 1 fully saturated rings. The Kier molecular flexibility index (Phi) is 7.85. The van der Waals surface area contributed by atoms with Gasteiger partial charge in [-0.1, -0.05) is 54.3 Å². The average molecular weight is 536 g/mol. The molecule has 0 aromatic heterocycles. The van der Waals surface area contributed by atoms with Gasteiger partial charge in [0.2, 0.25) is 0 Å². The Labute approximate surface area is 222 Å². The average Bonchev–Trinajstić information content (AvgIpc) is 3.16. The summed E-state index contributed by atoms with van der Waals surface area (Å²) in [6.07, 6.45) is 1.65. The lowest BCUT2D eigenvalue weighted by Gasteiger charge is -2.14. The first-order chi connectivity index (χ1) is 17.8. The van der Waals surface area contributed by atoms with Crippen LogP contribution in [0.15, 0.2) is 71.6 Å². The van der Waals surface area contributed by atoms with Gasteiger partial charge in [-0.3, -0.25) is 24.6 Å². The molecule has 4 rings (SSSR count). The van der Waals surface area contributed by atoms with Crippen LogP contribution in [0.4, 0.5) is 17.1 Å².